The molecule has 2 rings (SSSR count). The maximum absolute atomic E-state index is 12.4. The fourth-order valence-electron chi connectivity index (χ4n) is 2.87. The molecule has 1 fully saturated rings. The molecule has 140 valence electrons. The minimum absolute atomic E-state index is 0.158. The second-order valence-corrected chi connectivity index (χ2v) is 8.15. The molecule has 25 heavy (non-hydrogen) atoms. The van der Waals surface area contributed by atoms with Crippen molar-refractivity contribution in [3.63, 3.8) is 0 Å². The van der Waals surface area contributed by atoms with E-state index in [1.165, 1.54) is 0 Å². The number of carbonyl (C=O) groups is 1. The van der Waals surface area contributed by atoms with Gasteiger partial charge in [-0.15, -0.1) is 0 Å². The molecule has 0 radical (unpaired) electrons. The molecule has 2 amide bonds. The lowest BCUT2D eigenvalue weighted by Gasteiger charge is -2.32. The Hall–Kier alpha value is -1.80. The smallest absolute Gasteiger partial charge is 0.321 e. The molecular weight excluding hydrogens is 342 g/mol. The number of likely N-dealkylation sites (tertiary alicyclic amines) is 1. The van der Waals surface area contributed by atoms with Gasteiger partial charge in [-0.3, -0.25) is 0 Å². The minimum Gasteiger partial charge on any atom is -0.495 e. The van der Waals surface area contributed by atoms with Crippen LogP contribution < -0.4 is 14.8 Å². The molecule has 1 heterocycles. The van der Waals surface area contributed by atoms with E-state index in [1.807, 2.05) is 19.1 Å². The number of amides is 2. The van der Waals surface area contributed by atoms with Gasteiger partial charge in [0.05, 0.1) is 18.6 Å². The number of hydrogen-bond acceptors (Lipinski definition) is 4. The first-order chi connectivity index (χ1) is 11.9. The van der Waals surface area contributed by atoms with Crippen molar-refractivity contribution >= 4 is 21.7 Å². The lowest BCUT2D eigenvalue weighted by Crippen LogP contribution is -2.43. The van der Waals surface area contributed by atoms with Gasteiger partial charge >= 0.3 is 6.03 Å². The standard InChI is InChI=1S/C17H27N3O4S/c1-3-12-25(22,23)18-13-14-8-10-20(11-9-14)17(21)19-15-6-4-5-7-16(15)24-2/h4-7,14,18H,3,8-13H2,1-2H3,(H,19,21). The Morgan fingerprint density at radius 1 is 1.28 bits per heavy atom. The summed E-state index contributed by atoms with van der Waals surface area (Å²) < 4.78 is 31.3. The van der Waals surface area contributed by atoms with E-state index in [-0.39, 0.29) is 17.7 Å². The maximum Gasteiger partial charge on any atom is 0.321 e. The zero-order valence-electron chi connectivity index (χ0n) is 14.8. The van der Waals surface area contributed by atoms with Crippen LogP contribution in [0.4, 0.5) is 10.5 Å². The van der Waals surface area contributed by atoms with Gasteiger partial charge in [0.15, 0.2) is 0 Å². The zero-order chi connectivity index (χ0) is 18.3. The van der Waals surface area contributed by atoms with E-state index in [1.54, 1.807) is 24.1 Å². The van der Waals surface area contributed by atoms with E-state index in [0.717, 1.165) is 12.8 Å². The number of hydrogen-bond donors (Lipinski definition) is 2. The summed E-state index contributed by atoms with van der Waals surface area (Å²) in [6.45, 7) is 3.52. The first-order valence-electron chi connectivity index (χ1n) is 8.61. The highest BCUT2D eigenvalue weighted by atomic mass is 32.2. The van der Waals surface area contributed by atoms with Gasteiger partial charge in [0, 0.05) is 19.6 Å². The summed E-state index contributed by atoms with van der Waals surface area (Å²) in [4.78, 5) is 14.1. The summed E-state index contributed by atoms with van der Waals surface area (Å²) in [5.74, 6) is 1.05. The Bertz CT molecular complexity index is 670. The van der Waals surface area contributed by atoms with Crippen LogP contribution in [0.1, 0.15) is 26.2 Å². The molecule has 0 aromatic heterocycles. The fraction of sp³-hybridized carbons (Fsp3) is 0.588. The van der Waals surface area contributed by atoms with Crippen molar-refractivity contribution in [2.75, 3.05) is 37.8 Å². The number of nitrogens with zero attached hydrogens (tertiary/aromatic N) is 1. The number of nitrogens with one attached hydrogen (secondary N) is 2. The number of rotatable bonds is 7. The number of para-hydroxylation sites is 2. The first-order valence-corrected chi connectivity index (χ1v) is 10.3. The highest BCUT2D eigenvalue weighted by Crippen LogP contribution is 2.24. The van der Waals surface area contributed by atoms with Gasteiger partial charge in [-0.1, -0.05) is 19.1 Å². The topological polar surface area (TPSA) is 87.7 Å². The average molecular weight is 369 g/mol. The molecule has 0 aliphatic carbocycles. The lowest BCUT2D eigenvalue weighted by molar-refractivity contribution is 0.183. The summed E-state index contributed by atoms with van der Waals surface area (Å²) in [6.07, 6.45) is 2.18. The minimum atomic E-state index is -3.17. The second kappa shape index (κ2) is 9.05. The number of benzene rings is 1. The monoisotopic (exact) mass is 369 g/mol. The van der Waals surface area contributed by atoms with Gasteiger partial charge in [0.1, 0.15) is 5.75 Å². The zero-order valence-corrected chi connectivity index (χ0v) is 15.6. The Kier molecular flexibility index (Phi) is 7.07. The summed E-state index contributed by atoms with van der Waals surface area (Å²) >= 11 is 0. The molecule has 0 bridgehead atoms. The molecule has 0 spiro atoms. The van der Waals surface area contributed by atoms with Crippen LogP contribution in [0.3, 0.4) is 0 Å². The SMILES string of the molecule is CCCS(=O)(=O)NCC1CCN(C(=O)Nc2ccccc2OC)CC1. The van der Waals surface area contributed by atoms with Gasteiger partial charge in [-0.2, -0.15) is 0 Å². The van der Waals surface area contributed by atoms with Crippen molar-refractivity contribution in [3.05, 3.63) is 24.3 Å². The van der Waals surface area contributed by atoms with E-state index in [0.29, 0.717) is 37.5 Å². The van der Waals surface area contributed by atoms with Crippen molar-refractivity contribution in [3.8, 4) is 5.75 Å². The number of ether oxygens (including phenoxy) is 1. The quantitative estimate of drug-likeness (QED) is 0.772. The van der Waals surface area contributed by atoms with E-state index in [2.05, 4.69) is 10.0 Å². The molecular formula is C17H27N3O4S. The normalized spacial score (nSPS) is 15.8. The Morgan fingerprint density at radius 3 is 2.60 bits per heavy atom. The number of urea groups is 1. The average Bonchev–Trinajstić information content (AvgIpc) is 2.61. The fourth-order valence-corrected chi connectivity index (χ4v) is 4.04. The van der Waals surface area contributed by atoms with Crippen LogP contribution in [-0.2, 0) is 10.0 Å². The van der Waals surface area contributed by atoms with Crippen LogP contribution in [-0.4, -0.2) is 51.8 Å². The molecule has 2 N–H and O–H groups in total. The Morgan fingerprint density at radius 2 is 1.96 bits per heavy atom. The summed E-state index contributed by atoms with van der Waals surface area (Å²) in [5.41, 5.74) is 0.643. The highest BCUT2D eigenvalue weighted by molar-refractivity contribution is 7.89. The van der Waals surface area contributed by atoms with Crippen LogP contribution >= 0.6 is 0 Å². The number of anilines is 1. The second-order valence-electron chi connectivity index (χ2n) is 6.23. The van der Waals surface area contributed by atoms with E-state index in [4.69, 9.17) is 4.74 Å². The van der Waals surface area contributed by atoms with Crippen molar-refractivity contribution in [1.29, 1.82) is 0 Å². The van der Waals surface area contributed by atoms with Gasteiger partial charge in [0.2, 0.25) is 10.0 Å². The van der Waals surface area contributed by atoms with E-state index < -0.39 is 10.0 Å². The molecule has 1 aliphatic rings. The highest BCUT2D eigenvalue weighted by Gasteiger charge is 2.24. The summed E-state index contributed by atoms with van der Waals surface area (Å²) in [5, 5.41) is 2.87. The van der Waals surface area contributed by atoms with Gasteiger partial charge < -0.3 is 15.0 Å². The Balaban J connectivity index is 1.80. The van der Waals surface area contributed by atoms with Crippen molar-refractivity contribution in [2.24, 2.45) is 5.92 Å². The molecule has 0 atom stereocenters. The van der Waals surface area contributed by atoms with Crippen LogP contribution in [0.25, 0.3) is 0 Å². The van der Waals surface area contributed by atoms with Crippen LogP contribution in [0.5, 0.6) is 5.75 Å². The molecule has 1 aromatic rings. The lowest BCUT2D eigenvalue weighted by atomic mass is 9.97. The third-order valence-corrected chi connectivity index (χ3v) is 5.87. The Labute approximate surface area is 149 Å². The molecule has 1 saturated heterocycles. The van der Waals surface area contributed by atoms with Crippen LogP contribution in [0.15, 0.2) is 24.3 Å². The van der Waals surface area contributed by atoms with Crippen LogP contribution in [0.2, 0.25) is 0 Å². The van der Waals surface area contributed by atoms with Gasteiger partial charge in [0.25, 0.3) is 0 Å². The van der Waals surface area contributed by atoms with Crippen molar-refractivity contribution < 1.29 is 17.9 Å². The van der Waals surface area contributed by atoms with Crippen molar-refractivity contribution in [2.45, 2.75) is 26.2 Å². The van der Waals surface area contributed by atoms with E-state index >= 15 is 0 Å². The molecule has 8 heteroatoms. The predicted octanol–water partition coefficient (Wildman–Crippen LogP) is 2.27. The molecule has 0 saturated carbocycles. The predicted molar refractivity (Wildman–Crippen MR) is 98.4 cm³/mol. The van der Waals surface area contributed by atoms with Crippen molar-refractivity contribution in [1.82, 2.24) is 9.62 Å². The number of piperidine rings is 1. The number of carbonyl (C=O) groups excluding carboxylic acids is 1. The maximum atomic E-state index is 12.4. The number of sulfonamides is 1. The molecule has 1 aromatic carbocycles. The van der Waals surface area contributed by atoms with Crippen LogP contribution in [0, 0.1) is 5.92 Å². The molecule has 1 aliphatic heterocycles. The third kappa shape index (κ3) is 5.89. The third-order valence-electron chi connectivity index (χ3n) is 4.32. The number of methoxy groups -OCH3 is 1. The largest absolute Gasteiger partial charge is 0.495 e. The summed E-state index contributed by atoms with van der Waals surface area (Å²) in [7, 11) is -1.60. The molecule has 0 unspecified atom stereocenters. The van der Waals surface area contributed by atoms with E-state index in [9.17, 15) is 13.2 Å². The molecule has 7 nitrogen and oxygen atoms in total. The van der Waals surface area contributed by atoms with Gasteiger partial charge in [-0.25, -0.2) is 17.9 Å². The first kappa shape index (κ1) is 19.5. The van der Waals surface area contributed by atoms with Gasteiger partial charge in [-0.05, 0) is 37.3 Å². The summed E-state index contributed by atoms with van der Waals surface area (Å²) in [6, 6.07) is 7.12.